The van der Waals surface area contributed by atoms with Crippen LogP contribution in [0.5, 0.6) is 0 Å². The van der Waals surface area contributed by atoms with Gasteiger partial charge in [-0.3, -0.25) is 19.6 Å². The second-order valence-electron chi connectivity index (χ2n) is 10.2. The Labute approximate surface area is 256 Å². The molecule has 46 heavy (non-hydrogen) atoms. The summed E-state index contributed by atoms with van der Waals surface area (Å²) >= 11 is 0. The maximum Gasteiger partial charge on any atom is 0.490 e. The van der Waals surface area contributed by atoms with E-state index in [4.69, 9.17) is 34.4 Å². The summed E-state index contributed by atoms with van der Waals surface area (Å²) in [6.07, 6.45) is -9.52. The van der Waals surface area contributed by atoms with Gasteiger partial charge in [-0.05, 0) is 51.8 Å². The molecule has 264 valence electrons. The summed E-state index contributed by atoms with van der Waals surface area (Å²) in [6, 6.07) is 4.59. The zero-order chi connectivity index (χ0) is 36.1. The zero-order valence-corrected chi connectivity index (χ0v) is 24.7. The molecule has 0 saturated carbocycles. The summed E-state index contributed by atoms with van der Waals surface area (Å²) in [4.78, 5) is 48.8. The molecule has 0 unspecified atom stereocenters. The smallest absolute Gasteiger partial charge is 0.475 e. The number of fused-ring (bicyclic) bond motifs is 1. The van der Waals surface area contributed by atoms with Crippen LogP contribution < -0.4 is 0 Å². The van der Waals surface area contributed by atoms with Crippen molar-refractivity contribution in [3.05, 3.63) is 30.1 Å². The first-order valence-electron chi connectivity index (χ1n) is 13.3. The molecule has 20 heteroatoms. The molecule has 1 aromatic rings. The third kappa shape index (κ3) is 14.6. The van der Waals surface area contributed by atoms with E-state index in [9.17, 15) is 44.3 Å². The molecule has 0 bridgehead atoms. The minimum Gasteiger partial charge on any atom is -0.475 e. The predicted octanol–water partition coefficient (Wildman–Crippen LogP) is 4.47. The van der Waals surface area contributed by atoms with E-state index in [1.165, 1.54) is 5.56 Å². The summed E-state index contributed by atoms with van der Waals surface area (Å²) in [7, 11) is 0. The Kier molecular flexibility index (Phi) is 16.4. The van der Waals surface area contributed by atoms with Gasteiger partial charge in [-0.2, -0.15) is 39.5 Å². The van der Waals surface area contributed by atoms with E-state index >= 15 is 0 Å². The van der Waals surface area contributed by atoms with Gasteiger partial charge in [0.15, 0.2) is 0 Å². The van der Waals surface area contributed by atoms with E-state index in [0.29, 0.717) is 18.6 Å². The third-order valence-corrected chi connectivity index (χ3v) is 6.57. The molecule has 0 radical (unpaired) electrons. The molecule has 2 aliphatic heterocycles. The number of pyridine rings is 1. The third-order valence-electron chi connectivity index (χ3n) is 6.57. The summed E-state index contributed by atoms with van der Waals surface area (Å²) in [5.41, 5.74) is 0.911. The summed E-state index contributed by atoms with van der Waals surface area (Å²) in [5, 5.41) is 21.4. The van der Waals surface area contributed by atoms with Gasteiger partial charge in [-0.25, -0.2) is 14.4 Å². The first-order valence-corrected chi connectivity index (χ1v) is 13.3. The standard InChI is InChI=1S/C20H31N3O2.3C2HF3O2/c1-4-25-19(24)20-8-6-10-22(12-17-7-5-9-21-11-17)13-18(20)14-23(15-20)16(2)3;3*3-2(4,5)1(6)7/h5,7,9,11,16,18H,4,6,8,10,12-15H2,1-3H3;3*(H,6,7)/t18-,20-;;;/m0.../s1. The predicted molar refractivity (Wildman–Crippen MR) is 139 cm³/mol. The van der Waals surface area contributed by atoms with Crippen LogP contribution >= 0.6 is 0 Å². The Hall–Kier alpha value is -3.68. The lowest BCUT2D eigenvalue weighted by molar-refractivity contribution is -0.193. The van der Waals surface area contributed by atoms with E-state index in [0.717, 1.165) is 45.6 Å². The lowest BCUT2D eigenvalue weighted by Gasteiger charge is -2.31. The van der Waals surface area contributed by atoms with E-state index in [1.807, 2.05) is 25.4 Å². The normalized spacial score (nSPS) is 20.3. The van der Waals surface area contributed by atoms with Gasteiger partial charge < -0.3 is 20.1 Å². The lowest BCUT2D eigenvalue weighted by Crippen LogP contribution is -2.42. The number of aliphatic carboxylic acids is 3. The lowest BCUT2D eigenvalue weighted by atomic mass is 9.75. The first kappa shape index (κ1) is 42.3. The molecule has 2 fully saturated rings. The zero-order valence-electron chi connectivity index (χ0n) is 24.7. The Balaban J connectivity index is 0.000000786. The Morgan fingerprint density at radius 2 is 1.41 bits per heavy atom. The number of carbonyl (C=O) groups is 4. The largest absolute Gasteiger partial charge is 0.490 e. The number of carboxylic acid groups (broad SMARTS) is 3. The van der Waals surface area contributed by atoms with E-state index in [2.05, 4.69) is 34.7 Å². The number of halogens is 9. The van der Waals surface area contributed by atoms with Crippen molar-refractivity contribution in [1.82, 2.24) is 14.8 Å². The molecular weight excluding hydrogens is 653 g/mol. The molecule has 0 aromatic carbocycles. The maximum atomic E-state index is 12.9. The highest BCUT2D eigenvalue weighted by Crippen LogP contribution is 2.44. The fourth-order valence-electron chi connectivity index (χ4n) is 4.45. The van der Waals surface area contributed by atoms with Crippen molar-refractivity contribution in [2.45, 2.75) is 64.7 Å². The molecule has 2 saturated heterocycles. The molecule has 3 rings (SSSR count). The summed E-state index contributed by atoms with van der Waals surface area (Å²) < 4.78 is 101. The number of carbonyl (C=O) groups excluding carboxylic acids is 1. The van der Waals surface area contributed by atoms with Crippen molar-refractivity contribution in [3.63, 3.8) is 0 Å². The Morgan fingerprint density at radius 1 is 0.935 bits per heavy atom. The van der Waals surface area contributed by atoms with Crippen molar-refractivity contribution < 1.29 is 78.7 Å². The number of nitrogens with zero attached hydrogens (tertiary/aromatic N) is 3. The molecule has 2 aliphatic rings. The van der Waals surface area contributed by atoms with Gasteiger partial charge in [0.1, 0.15) is 0 Å². The van der Waals surface area contributed by atoms with Crippen molar-refractivity contribution in [3.8, 4) is 0 Å². The maximum absolute atomic E-state index is 12.9. The van der Waals surface area contributed by atoms with Gasteiger partial charge in [-0.15, -0.1) is 0 Å². The number of likely N-dealkylation sites (tertiary alicyclic amines) is 2. The Morgan fingerprint density at radius 3 is 1.78 bits per heavy atom. The highest BCUT2D eigenvalue weighted by molar-refractivity contribution is 5.78. The number of ether oxygens (including phenoxy) is 1. The van der Waals surface area contributed by atoms with E-state index in [-0.39, 0.29) is 11.4 Å². The van der Waals surface area contributed by atoms with Crippen molar-refractivity contribution in [2.75, 3.05) is 32.8 Å². The molecule has 3 heterocycles. The average molecular weight is 688 g/mol. The average Bonchev–Trinajstić information content (AvgIpc) is 3.19. The highest BCUT2D eigenvalue weighted by atomic mass is 19.4. The van der Waals surface area contributed by atoms with Crippen LogP contribution in [0.2, 0.25) is 0 Å². The quantitative estimate of drug-likeness (QED) is 0.297. The van der Waals surface area contributed by atoms with Crippen LogP contribution in [0.25, 0.3) is 0 Å². The van der Waals surface area contributed by atoms with Crippen LogP contribution in [0.1, 0.15) is 39.2 Å². The van der Waals surface area contributed by atoms with E-state index < -0.39 is 36.4 Å². The van der Waals surface area contributed by atoms with Crippen LogP contribution in [0.3, 0.4) is 0 Å². The summed E-state index contributed by atoms with van der Waals surface area (Å²) in [6.45, 7) is 11.5. The molecule has 3 N–H and O–H groups in total. The second-order valence-corrected chi connectivity index (χ2v) is 10.2. The number of hydrogen-bond acceptors (Lipinski definition) is 8. The van der Waals surface area contributed by atoms with Crippen molar-refractivity contribution in [2.24, 2.45) is 11.3 Å². The fourth-order valence-corrected chi connectivity index (χ4v) is 4.45. The van der Waals surface area contributed by atoms with Gasteiger partial charge in [0, 0.05) is 50.5 Å². The van der Waals surface area contributed by atoms with Gasteiger partial charge in [-0.1, -0.05) is 6.07 Å². The van der Waals surface area contributed by atoms with Crippen molar-refractivity contribution >= 4 is 23.9 Å². The molecule has 0 amide bonds. The molecule has 2 atom stereocenters. The van der Waals surface area contributed by atoms with Crippen LogP contribution in [0.15, 0.2) is 24.5 Å². The first-order chi connectivity index (χ1) is 20.9. The SMILES string of the molecule is CCOC(=O)[C@]12CCCN(Cc3cccnc3)C[C@H]1CN(C(C)C)C2.O=C(O)C(F)(F)F.O=C(O)C(F)(F)F.O=C(O)C(F)(F)F. The van der Waals surface area contributed by atoms with Crippen molar-refractivity contribution in [1.29, 1.82) is 0 Å². The van der Waals surface area contributed by atoms with Crippen LogP contribution in [0, 0.1) is 11.3 Å². The van der Waals surface area contributed by atoms with Crippen LogP contribution in [-0.2, 0) is 30.5 Å². The van der Waals surface area contributed by atoms with Gasteiger partial charge >= 0.3 is 42.4 Å². The molecule has 11 nitrogen and oxygen atoms in total. The number of hydrogen-bond donors (Lipinski definition) is 3. The topological polar surface area (TPSA) is 158 Å². The number of rotatable bonds is 5. The van der Waals surface area contributed by atoms with E-state index in [1.54, 1.807) is 0 Å². The summed E-state index contributed by atoms with van der Waals surface area (Å²) in [5.74, 6) is -7.91. The van der Waals surface area contributed by atoms with Gasteiger partial charge in [0.2, 0.25) is 0 Å². The van der Waals surface area contributed by atoms with Gasteiger partial charge in [0.25, 0.3) is 0 Å². The molecule has 0 spiro atoms. The number of esters is 1. The van der Waals surface area contributed by atoms with Crippen LogP contribution in [-0.4, -0.2) is 111 Å². The fraction of sp³-hybridized carbons (Fsp3) is 0.654. The number of alkyl halides is 9. The van der Waals surface area contributed by atoms with Gasteiger partial charge in [0.05, 0.1) is 12.0 Å². The molecule has 0 aliphatic carbocycles. The minimum absolute atomic E-state index is 0.0198. The molecule has 1 aromatic heterocycles. The number of aromatic nitrogens is 1. The highest BCUT2D eigenvalue weighted by Gasteiger charge is 2.54. The number of carboxylic acids is 3. The molecular formula is C26H34F9N3O8. The van der Waals surface area contributed by atoms with Crippen LogP contribution in [0.4, 0.5) is 39.5 Å². The second kappa shape index (κ2) is 17.9. The Bertz CT molecular complexity index is 1080. The monoisotopic (exact) mass is 687 g/mol. The minimum atomic E-state index is -5.08.